The molecule has 3 aromatic rings. The Morgan fingerprint density at radius 1 is 1.23 bits per heavy atom. The lowest BCUT2D eigenvalue weighted by molar-refractivity contribution is 0.0901. The lowest BCUT2D eigenvalue weighted by Crippen LogP contribution is -2.40. The molecule has 186 valence electrons. The fourth-order valence-corrected chi connectivity index (χ4v) is 3.73. The number of aromatic nitrogens is 2. The van der Waals surface area contributed by atoms with Gasteiger partial charge in [0.05, 0.1) is 12.1 Å². The molecular formula is C24H27FN4O6. The van der Waals surface area contributed by atoms with Crippen molar-refractivity contribution in [2.75, 3.05) is 20.3 Å². The van der Waals surface area contributed by atoms with E-state index < -0.39 is 34.9 Å². The third-order valence-electron chi connectivity index (χ3n) is 5.31. The van der Waals surface area contributed by atoms with E-state index in [1.54, 1.807) is 25.1 Å². The van der Waals surface area contributed by atoms with Crippen molar-refractivity contribution in [3.8, 4) is 5.75 Å². The Bertz CT molecular complexity index is 1280. The topological polar surface area (TPSA) is 143 Å². The van der Waals surface area contributed by atoms with Gasteiger partial charge in [-0.3, -0.25) is 14.6 Å². The first-order valence-electron chi connectivity index (χ1n) is 11.0. The fraction of sp³-hybridized carbons (Fsp3) is 0.333. The van der Waals surface area contributed by atoms with Gasteiger partial charge < -0.3 is 30.2 Å². The van der Waals surface area contributed by atoms with E-state index in [2.05, 4.69) is 15.6 Å². The van der Waals surface area contributed by atoms with Crippen LogP contribution in [0.4, 0.5) is 9.18 Å². The number of carbonyl (C=O) groups excluding carboxylic acids is 1. The SMILES string of the molecule is COCC(C)NC(=O)c1c(O)c2ncc(Cc3ccc(F)cc3)cc2n(CCCNC(=O)O)c1=O. The van der Waals surface area contributed by atoms with Gasteiger partial charge in [0.1, 0.15) is 16.9 Å². The van der Waals surface area contributed by atoms with Crippen LogP contribution in [0.3, 0.4) is 0 Å². The number of halogens is 1. The average molecular weight is 487 g/mol. The van der Waals surface area contributed by atoms with Crippen LogP contribution >= 0.6 is 0 Å². The van der Waals surface area contributed by atoms with Crippen LogP contribution in [0.25, 0.3) is 11.0 Å². The smallest absolute Gasteiger partial charge is 0.404 e. The average Bonchev–Trinajstić information content (AvgIpc) is 2.80. The van der Waals surface area contributed by atoms with Crippen molar-refractivity contribution in [2.45, 2.75) is 32.4 Å². The summed E-state index contributed by atoms with van der Waals surface area (Å²) in [5, 5.41) is 24.5. The molecule has 2 aromatic heterocycles. The molecule has 2 heterocycles. The van der Waals surface area contributed by atoms with Gasteiger partial charge in [-0.05, 0) is 49.1 Å². The summed E-state index contributed by atoms with van der Waals surface area (Å²) in [6.07, 6.45) is 0.982. The van der Waals surface area contributed by atoms with Crippen LogP contribution in [0.15, 0.2) is 41.3 Å². The molecule has 11 heteroatoms. The monoisotopic (exact) mass is 486 g/mol. The predicted octanol–water partition coefficient (Wildman–Crippen LogP) is 2.25. The molecule has 0 bridgehead atoms. The molecule has 0 aliphatic carbocycles. The Morgan fingerprint density at radius 3 is 2.60 bits per heavy atom. The van der Waals surface area contributed by atoms with E-state index in [-0.39, 0.29) is 37.5 Å². The highest BCUT2D eigenvalue weighted by atomic mass is 19.1. The number of hydrogen-bond donors (Lipinski definition) is 4. The van der Waals surface area contributed by atoms with Gasteiger partial charge in [-0.1, -0.05) is 12.1 Å². The highest BCUT2D eigenvalue weighted by molar-refractivity contribution is 6.01. The summed E-state index contributed by atoms with van der Waals surface area (Å²) in [5.74, 6) is -1.67. The maximum absolute atomic E-state index is 13.3. The van der Waals surface area contributed by atoms with Crippen molar-refractivity contribution >= 4 is 23.0 Å². The maximum atomic E-state index is 13.3. The molecule has 35 heavy (non-hydrogen) atoms. The van der Waals surface area contributed by atoms with E-state index in [9.17, 15) is 23.9 Å². The van der Waals surface area contributed by atoms with E-state index >= 15 is 0 Å². The lowest BCUT2D eigenvalue weighted by atomic mass is 10.0. The number of nitrogens with zero attached hydrogens (tertiary/aromatic N) is 2. The number of benzene rings is 1. The first kappa shape index (κ1) is 25.6. The summed E-state index contributed by atoms with van der Waals surface area (Å²) >= 11 is 0. The van der Waals surface area contributed by atoms with Crippen molar-refractivity contribution in [1.29, 1.82) is 0 Å². The van der Waals surface area contributed by atoms with Gasteiger partial charge in [0, 0.05) is 32.4 Å². The number of pyridine rings is 2. The normalized spacial score (nSPS) is 11.9. The minimum Gasteiger partial charge on any atom is -0.505 e. The van der Waals surface area contributed by atoms with Crippen LogP contribution in [-0.2, 0) is 17.7 Å². The summed E-state index contributed by atoms with van der Waals surface area (Å²) in [6.45, 7) is 2.06. The third kappa shape index (κ3) is 6.33. The number of methoxy groups -OCH3 is 1. The highest BCUT2D eigenvalue weighted by Crippen LogP contribution is 2.26. The van der Waals surface area contributed by atoms with Crippen LogP contribution in [-0.4, -0.2) is 58.1 Å². The van der Waals surface area contributed by atoms with Crippen molar-refractivity contribution in [1.82, 2.24) is 20.2 Å². The minimum atomic E-state index is -1.19. The molecule has 0 spiro atoms. The molecule has 4 N–H and O–H groups in total. The van der Waals surface area contributed by atoms with Gasteiger partial charge in [0.25, 0.3) is 11.5 Å². The molecule has 0 aliphatic rings. The Hall–Kier alpha value is -3.99. The first-order valence-corrected chi connectivity index (χ1v) is 11.0. The minimum absolute atomic E-state index is 0.0585. The van der Waals surface area contributed by atoms with E-state index in [0.29, 0.717) is 17.5 Å². The lowest BCUT2D eigenvalue weighted by Gasteiger charge is -2.17. The molecule has 1 unspecified atom stereocenters. The number of amides is 2. The summed E-state index contributed by atoms with van der Waals surface area (Å²) in [5.41, 5.74) is 0.691. The molecular weight excluding hydrogens is 459 g/mol. The van der Waals surface area contributed by atoms with Gasteiger partial charge in [-0.25, -0.2) is 9.18 Å². The fourth-order valence-electron chi connectivity index (χ4n) is 3.73. The number of aromatic hydroxyl groups is 1. The molecule has 1 aromatic carbocycles. The van der Waals surface area contributed by atoms with Crippen molar-refractivity contribution in [3.05, 3.63) is 69.4 Å². The molecule has 0 saturated carbocycles. The van der Waals surface area contributed by atoms with Crippen molar-refractivity contribution < 1.29 is 28.9 Å². The molecule has 3 rings (SSSR count). The Balaban J connectivity index is 2.05. The zero-order chi connectivity index (χ0) is 25.5. The molecule has 0 saturated heterocycles. The molecule has 2 amide bonds. The number of aryl methyl sites for hydroxylation is 1. The second-order valence-corrected chi connectivity index (χ2v) is 8.11. The number of hydrogen-bond acceptors (Lipinski definition) is 6. The quantitative estimate of drug-likeness (QED) is 0.322. The van der Waals surface area contributed by atoms with E-state index in [1.165, 1.54) is 30.0 Å². The number of fused-ring (bicyclic) bond motifs is 1. The van der Waals surface area contributed by atoms with Crippen LogP contribution < -0.4 is 16.2 Å². The van der Waals surface area contributed by atoms with Crippen LogP contribution in [0.2, 0.25) is 0 Å². The molecule has 1 atom stereocenters. The zero-order valence-corrected chi connectivity index (χ0v) is 19.4. The standard InChI is InChI=1S/C24H27FN4O6/c1-14(13-35-2)28-22(31)19-21(30)20-18(29(23(19)32)9-3-8-26-24(33)34)11-16(12-27-20)10-15-4-6-17(25)7-5-15/h4-7,11-12,14,26,30H,3,8-10,13H2,1-2H3,(H,28,31)(H,33,34). The summed E-state index contributed by atoms with van der Waals surface area (Å²) in [4.78, 5) is 41.2. The summed E-state index contributed by atoms with van der Waals surface area (Å²) in [6, 6.07) is 7.22. The van der Waals surface area contributed by atoms with Crippen LogP contribution in [0.5, 0.6) is 5.75 Å². The molecule has 0 radical (unpaired) electrons. The Morgan fingerprint density at radius 2 is 1.94 bits per heavy atom. The summed E-state index contributed by atoms with van der Waals surface area (Å²) in [7, 11) is 1.47. The Labute approximate surface area is 200 Å². The van der Waals surface area contributed by atoms with E-state index in [0.717, 1.165) is 5.56 Å². The second-order valence-electron chi connectivity index (χ2n) is 8.11. The predicted molar refractivity (Wildman–Crippen MR) is 126 cm³/mol. The van der Waals surface area contributed by atoms with Crippen molar-refractivity contribution in [3.63, 3.8) is 0 Å². The van der Waals surface area contributed by atoms with Gasteiger partial charge >= 0.3 is 6.09 Å². The largest absolute Gasteiger partial charge is 0.505 e. The molecule has 10 nitrogen and oxygen atoms in total. The summed E-state index contributed by atoms with van der Waals surface area (Å²) < 4.78 is 19.5. The van der Waals surface area contributed by atoms with E-state index in [4.69, 9.17) is 9.84 Å². The molecule has 0 aliphatic heterocycles. The zero-order valence-electron chi connectivity index (χ0n) is 19.4. The second kappa shape index (κ2) is 11.4. The van der Waals surface area contributed by atoms with Gasteiger partial charge in [0.15, 0.2) is 5.75 Å². The highest BCUT2D eigenvalue weighted by Gasteiger charge is 2.24. The number of rotatable bonds is 10. The number of ether oxygens (including phenoxy) is 1. The number of nitrogens with one attached hydrogen (secondary N) is 2. The third-order valence-corrected chi connectivity index (χ3v) is 5.31. The van der Waals surface area contributed by atoms with Crippen LogP contribution in [0.1, 0.15) is 34.8 Å². The number of carboxylic acid groups (broad SMARTS) is 1. The van der Waals surface area contributed by atoms with E-state index in [1.807, 2.05) is 0 Å². The number of carbonyl (C=O) groups is 2. The Kier molecular flexibility index (Phi) is 8.37. The first-order chi connectivity index (χ1) is 16.7. The van der Waals surface area contributed by atoms with Gasteiger partial charge in [-0.2, -0.15) is 0 Å². The van der Waals surface area contributed by atoms with Crippen molar-refractivity contribution in [2.24, 2.45) is 0 Å². The maximum Gasteiger partial charge on any atom is 0.404 e. The van der Waals surface area contributed by atoms with Gasteiger partial charge in [-0.15, -0.1) is 0 Å². The van der Waals surface area contributed by atoms with Gasteiger partial charge in [0.2, 0.25) is 0 Å². The molecule has 0 fully saturated rings. The van der Waals surface area contributed by atoms with Crippen LogP contribution in [0, 0.1) is 5.82 Å².